The second-order valence-electron chi connectivity index (χ2n) is 17.7. The molecule has 2 aliphatic heterocycles. The molecule has 3 heterocycles. The molecule has 2 aliphatic carbocycles. The maximum atomic E-state index is 14.9. The predicted molar refractivity (Wildman–Crippen MR) is 211 cm³/mol. The van der Waals surface area contributed by atoms with Crippen LogP contribution in [-0.4, -0.2) is 121 Å². The van der Waals surface area contributed by atoms with Crippen molar-refractivity contribution in [3.8, 4) is 11.6 Å². The topological polar surface area (TPSA) is 204 Å². The molecular weight excluding hydrogens is 890 g/mol. The maximum absolute atomic E-state index is 14.9. The Morgan fingerprint density at radius 3 is 2.30 bits per heavy atom. The third-order valence-corrected chi connectivity index (χ3v) is 14.7. The molecule has 4 amide bonds. The molecule has 2 saturated carbocycles. The van der Waals surface area contributed by atoms with Gasteiger partial charge in [0.15, 0.2) is 0 Å². The van der Waals surface area contributed by atoms with Crippen LogP contribution >= 0.6 is 0 Å². The van der Waals surface area contributed by atoms with E-state index in [9.17, 15) is 58.3 Å². The highest BCUT2D eigenvalue weighted by Crippen LogP contribution is 2.49. The first kappa shape index (κ1) is 48.7. The summed E-state index contributed by atoms with van der Waals surface area (Å²) in [5.74, 6) is -5.91. The van der Waals surface area contributed by atoms with E-state index in [-0.39, 0.29) is 55.0 Å². The molecule has 2 aromatic rings. The van der Waals surface area contributed by atoms with Gasteiger partial charge in [-0.2, -0.15) is 26.3 Å². The van der Waals surface area contributed by atoms with Crippen molar-refractivity contribution in [2.45, 2.75) is 125 Å². The molecule has 0 radical (unpaired) electrons. The molecule has 64 heavy (non-hydrogen) atoms. The number of fused-ring (bicyclic) bond motifs is 3. The summed E-state index contributed by atoms with van der Waals surface area (Å²) in [6.45, 7) is 0.847. The molecule has 16 nitrogen and oxygen atoms in total. The van der Waals surface area contributed by atoms with Crippen LogP contribution in [0.3, 0.4) is 0 Å². The molecule has 1 aromatic heterocycles. The van der Waals surface area contributed by atoms with Crippen LogP contribution in [0.4, 0.5) is 35.5 Å². The van der Waals surface area contributed by atoms with Crippen LogP contribution in [0.2, 0.25) is 0 Å². The third-order valence-electron chi connectivity index (χ3n) is 12.6. The Morgan fingerprint density at radius 1 is 1.00 bits per heavy atom. The average Bonchev–Trinajstić information content (AvgIpc) is 4.11. The number of alkyl carbamates (subject to hydrolysis) is 1. The van der Waals surface area contributed by atoms with E-state index in [1.54, 1.807) is 0 Å². The van der Waals surface area contributed by atoms with Gasteiger partial charge in [0.05, 0.1) is 31.3 Å². The quantitative estimate of drug-likeness (QED) is 0.251. The predicted octanol–water partition coefficient (Wildman–Crippen LogP) is 5.13. The second kappa shape index (κ2) is 17.9. The van der Waals surface area contributed by atoms with Crippen molar-refractivity contribution in [2.24, 2.45) is 17.8 Å². The average molecular weight is 941 g/mol. The van der Waals surface area contributed by atoms with Crippen molar-refractivity contribution in [1.82, 2.24) is 30.2 Å². The fourth-order valence-electron chi connectivity index (χ4n) is 8.39. The van der Waals surface area contributed by atoms with Crippen molar-refractivity contribution in [3.63, 3.8) is 0 Å². The van der Waals surface area contributed by atoms with Gasteiger partial charge >= 0.3 is 18.4 Å². The summed E-state index contributed by atoms with van der Waals surface area (Å²) < 4.78 is 147. The summed E-state index contributed by atoms with van der Waals surface area (Å²) in [6.07, 6.45) is -12.0. The van der Waals surface area contributed by atoms with Crippen molar-refractivity contribution in [3.05, 3.63) is 23.9 Å². The van der Waals surface area contributed by atoms with Gasteiger partial charge in [0.25, 0.3) is 5.91 Å². The van der Waals surface area contributed by atoms with E-state index >= 15 is 0 Å². The SMILES string of the molecule is COC[C@@H]1C[C@@H](C)CCCC[C@@H]2C[C@@]2(C(=O)NS(=O)(=O)C2(CF)CC2)NC(=O)[C@@H]2C[C@@H](Oc3nc4cc(OC)ccc4nc3C(F)(F)F)CN2C(=O)[C@H]1NC(=O)OC(C)(C)C(F)(F)F. The van der Waals surface area contributed by atoms with Gasteiger partial charge in [-0.15, -0.1) is 0 Å². The number of amides is 4. The number of carbonyl (C=O) groups is 4. The Hall–Kier alpha value is -4.74. The Bertz CT molecular complexity index is 2230. The first-order chi connectivity index (χ1) is 29.8. The number of alkyl halides is 7. The molecule has 1 aromatic carbocycles. The Labute approximate surface area is 364 Å². The van der Waals surface area contributed by atoms with E-state index < -0.39 is 123 Å². The number of carbonyl (C=O) groups excluding carboxylic acids is 4. The molecule has 24 heteroatoms. The number of methoxy groups -OCH3 is 2. The lowest BCUT2D eigenvalue weighted by Crippen LogP contribution is -2.60. The minimum Gasteiger partial charge on any atom is -0.497 e. The number of nitrogens with one attached hydrogen (secondary N) is 3. The smallest absolute Gasteiger partial charge is 0.438 e. The van der Waals surface area contributed by atoms with E-state index in [1.807, 2.05) is 11.6 Å². The lowest BCUT2D eigenvalue weighted by Gasteiger charge is -2.35. The summed E-state index contributed by atoms with van der Waals surface area (Å²) in [5, 5.41) is 4.85. The number of rotatable bonds is 11. The van der Waals surface area contributed by atoms with Crippen molar-refractivity contribution in [1.29, 1.82) is 0 Å². The molecule has 3 N–H and O–H groups in total. The number of benzene rings is 1. The number of nitrogens with zero attached hydrogens (tertiary/aromatic N) is 3. The summed E-state index contributed by atoms with van der Waals surface area (Å²) in [4.78, 5) is 65.4. The van der Waals surface area contributed by atoms with Crippen molar-refractivity contribution >= 4 is 44.9 Å². The Balaban J connectivity index is 1.41. The zero-order valence-corrected chi connectivity index (χ0v) is 36.5. The zero-order chi connectivity index (χ0) is 47.2. The molecular formula is C40H51F7N6O10S. The monoisotopic (exact) mass is 940 g/mol. The van der Waals surface area contributed by atoms with Crippen LogP contribution < -0.4 is 24.8 Å². The fraction of sp³-hybridized carbons (Fsp3) is 0.700. The van der Waals surface area contributed by atoms with Crippen LogP contribution in [0.25, 0.3) is 11.0 Å². The van der Waals surface area contributed by atoms with Crippen LogP contribution in [0.5, 0.6) is 11.6 Å². The highest BCUT2D eigenvalue weighted by atomic mass is 32.2. The minimum absolute atomic E-state index is 0.0423. The van der Waals surface area contributed by atoms with E-state index in [2.05, 4.69) is 20.6 Å². The van der Waals surface area contributed by atoms with Crippen LogP contribution in [-0.2, 0) is 40.1 Å². The standard InChI is InChI=1S/C40H51F7N6O10S/c1-21-8-6-7-9-23-17-38(23,34(56)52-64(58,59)37(20-41)12-13-37)51-31(54)28-16-25(62-32-30(39(42,43)44)48-26-11-10-24(61-5)15-27(26)49-32)18-53(28)33(55)29(22(14-21)19-60-4)50-35(57)63-36(2,3)40(45,46)47/h10-11,15,21-23,25,28-29H,6-9,12-14,16-20H2,1-5H3,(H,50,57)(H,51,54)(H,52,56)/t21-,22-,23+,25+,28-,29-,38+/m0/s1. The Morgan fingerprint density at radius 2 is 1.69 bits per heavy atom. The molecule has 2 saturated heterocycles. The molecule has 0 bridgehead atoms. The molecule has 7 atom stereocenters. The lowest BCUT2D eigenvalue weighted by molar-refractivity contribution is -0.244. The van der Waals surface area contributed by atoms with E-state index in [1.165, 1.54) is 32.4 Å². The molecule has 6 rings (SSSR count). The van der Waals surface area contributed by atoms with Crippen LogP contribution in [0.15, 0.2) is 18.2 Å². The second-order valence-corrected chi connectivity index (χ2v) is 19.8. The van der Waals surface area contributed by atoms with E-state index in [4.69, 9.17) is 18.9 Å². The molecule has 4 aliphatic rings. The van der Waals surface area contributed by atoms with Gasteiger partial charge in [0.2, 0.25) is 39.0 Å². The Kier molecular flexibility index (Phi) is 13.6. The largest absolute Gasteiger partial charge is 0.497 e. The molecule has 356 valence electrons. The maximum Gasteiger partial charge on any atom is 0.438 e. The van der Waals surface area contributed by atoms with Crippen LogP contribution in [0.1, 0.15) is 84.3 Å². The van der Waals surface area contributed by atoms with Gasteiger partial charge in [-0.05, 0) is 69.9 Å². The summed E-state index contributed by atoms with van der Waals surface area (Å²) >= 11 is 0. The zero-order valence-electron chi connectivity index (χ0n) is 35.7. The highest BCUT2D eigenvalue weighted by molar-refractivity contribution is 7.91. The number of hydrogen-bond donors (Lipinski definition) is 3. The minimum atomic E-state index is -5.13. The van der Waals surface area contributed by atoms with Gasteiger partial charge in [-0.1, -0.05) is 26.2 Å². The number of hydrogen-bond acceptors (Lipinski definition) is 12. The first-order valence-electron chi connectivity index (χ1n) is 20.7. The van der Waals surface area contributed by atoms with Gasteiger partial charge in [0, 0.05) is 25.5 Å². The lowest BCUT2D eigenvalue weighted by atomic mass is 9.86. The third kappa shape index (κ3) is 10.1. The highest BCUT2D eigenvalue weighted by Gasteiger charge is 2.64. The van der Waals surface area contributed by atoms with Gasteiger partial charge < -0.3 is 34.5 Å². The van der Waals surface area contributed by atoms with Crippen molar-refractivity contribution < 1.29 is 77.3 Å². The van der Waals surface area contributed by atoms with Gasteiger partial charge in [-0.3, -0.25) is 19.1 Å². The van der Waals surface area contributed by atoms with Crippen molar-refractivity contribution in [2.75, 3.05) is 34.0 Å². The van der Waals surface area contributed by atoms with Gasteiger partial charge in [0.1, 0.15) is 40.9 Å². The number of halogens is 7. The normalized spacial score (nSPS) is 27.8. The molecule has 0 unspecified atom stereocenters. The number of sulfonamides is 1. The van der Waals surface area contributed by atoms with E-state index in [0.29, 0.717) is 39.5 Å². The van der Waals surface area contributed by atoms with E-state index in [0.717, 1.165) is 4.90 Å². The number of ether oxygens (including phenoxy) is 4. The summed E-state index contributed by atoms with van der Waals surface area (Å²) in [6, 6.07) is 0.437. The van der Waals surface area contributed by atoms with Crippen LogP contribution in [0, 0.1) is 17.8 Å². The molecule has 4 fully saturated rings. The summed E-state index contributed by atoms with van der Waals surface area (Å²) in [5.41, 5.74) is -6.70. The number of aromatic nitrogens is 2. The summed E-state index contributed by atoms with van der Waals surface area (Å²) in [7, 11) is -1.96. The van der Waals surface area contributed by atoms with Gasteiger partial charge in [-0.25, -0.2) is 27.6 Å². The molecule has 0 spiro atoms. The first-order valence-corrected chi connectivity index (χ1v) is 22.2. The fourth-order valence-corrected chi connectivity index (χ4v) is 9.81.